The van der Waals surface area contributed by atoms with Gasteiger partial charge in [-0.2, -0.15) is 0 Å². The Balaban J connectivity index is 1.57. The third-order valence-corrected chi connectivity index (χ3v) is 4.95. The van der Waals surface area contributed by atoms with Gasteiger partial charge in [-0.3, -0.25) is 9.59 Å². The monoisotopic (exact) mass is 437 g/mol. The zero-order chi connectivity index (χ0) is 21.8. The highest BCUT2D eigenvalue weighted by molar-refractivity contribution is 6.30. The molecule has 1 amide bonds. The van der Waals surface area contributed by atoms with E-state index in [1.807, 2.05) is 19.1 Å². The third-order valence-electron chi connectivity index (χ3n) is 4.70. The minimum absolute atomic E-state index is 0.228. The number of benzene rings is 3. The molecule has 0 radical (unpaired) electrons. The van der Waals surface area contributed by atoms with Gasteiger partial charge in [-0.05, 0) is 37.3 Å². The van der Waals surface area contributed by atoms with Gasteiger partial charge >= 0.3 is 0 Å². The van der Waals surface area contributed by atoms with Crippen LogP contribution < -0.4 is 19.5 Å². The van der Waals surface area contributed by atoms with E-state index in [1.54, 1.807) is 48.5 Å². The number of ketones is 1. The molecule has 0 atom stereocenters. The van der Waals surface area contributed by atoms with Crippen molar-refractivity contribution in [2.45, 2.75) is 6.92 Å². The van der Waals surface area contributed by atoms with Crippen LogP contribution in [0.4, 0.5) is 5.69 Å². The van der Waals surface area contributed by atoms with Gasteiger partial charge in [0.25, 0.3) is 5.91 Å². The molecule has 0 fully saturated rings. The van der Waals surface area contributed by atoms with Gasteiger partial charge < -0.3 is 19.5 Å². The minimum Gasteiger partial charge on any atom is -0.486 e. The summed E-state index contributed by atoms with van der Waals surface area (Å²) in [5.41, 5.74) is 2.20. The minimum atomic E-state index is -0.412. The van der Waals surface area contributed by atoms with E-state index in [0.29, 0.717) is 52.3 Å². The van der Waals surface area contributed by atoms with Crippen molar-refractivity contribution in [1.82, 2.24) is 0 Å². The second kappa shape index (κ2) is 9.10. The number of nitrogens with one attached hydrogen (secondary N) is 1. The van der Waals surface area contributed by atoms with Crippen molar-refractivity contribution in [2.24, 2.45) is 0 Å². The summed E-state index contributed by atoms with van der Waals surface area (Å²) in [6.45, 7) is 2.51. The number of rotatable bonds is 6. The Kier molecular flexibility index (Phi) is 6.09. The van der Waals surface area contributed by atoms with E-state index >= 15 is 0 Å². The molecule has 1 aliphatic heterocycles. The number of hydrogen-bond donors (Lipinski definition) is 1. The normalized spacial score (nSPS) is 12.2. The van der Waals surface area contributed by atoms with Crippen LogP contribution in [0.5, 0.6) is 17.2 Å². The van der Waals surface area contributed by atoms with Crippen molar-refractivity contribution in [3.8, 4) is 17.2 Å². The maximum absolute atomic E-state index is 13.2. The Bertz CT molecular complexity index is 1110. The Morgan fingerprint density at radius 2 is 1.61 bits per heavy atom. The molecule has 6 nitrogen and oxygen atoms in total. The molecule has 158 valence electrons. The highest BCUT2D eigenvalue weighted by Crippen LogP contribution is 2.36. The first-order chi connectivity index (χ1) is 15.0. The molecule has 0 unspecified atom stereocenters. The van der Waals surface area contributed by atoms with Crippen LogP contribution >= 0.6 is 11.6 Å². The lowest BCUT2D eigenvalue weighted by molar-refractivity contribution is -0.118. The average molecular weight is 438 g/mol. The fourth-order valence-corrected chi connectivity index (χ4v) is 3.23. The third kappa shape index (κ3) is 4.98. The molecule has 0 aliphatic carbocycles. The Hall–Kier alpha value is -3.51. The van der Waals surface area contributed by atoms with Crippen LogP contribution in [0.3, 0.4) is 0 Å². The average Bonchev–Trinajstić information content (AvgIpc) is 2.78. The highest BCUT2D eigenvalue weighted by atomic mass is 35.5. The Labute approximate surface area is 184 Å². The van der Waals surface area contributed by atoms with Crippen LogP contribution in [-0.2, 0) is 4.79 Å². The van der Waals surface area contributed by atoms with E-state index in [1.165, 1.54) is 0 Å². The summed E-state index contributed by atoms with van der Waals surface area (Å²) in [4.78, 5) is 25.7. The van der Waals surface area contributed by atoms with Crippen LogP contribution in [0.1, 0.15) is 21.5 Å². The fraction of sp³-hybridized carbons (Fsp3) is 0.167. The van der Waals surface area contributed by atoms with E-state index in [2.05, 4.69) is 5.32 Å². The van der Waals surface area contributed by atoms with Gasteiger partial charge in [-0.1, -0.05) is 41.4 Å². The number of aryl methyl sites for hydroxylation is 1. The largest absolute Gasteiger partial charge is 0.486 e. The lowest BCUT2D eigenvalue weighted by Gasteiger charge is -2.21. The van der Waals surface area contributed by atoms with Gasteiger partial charge in [0.1, 0.15) is 19.0 Å². The number of halogens is 1. The van der Waals surface area contributed by atoms with Crippen molar-refractivity contribution >= 4 is 29.0 Å². The predicted octanol–water partition coefficient (Wildman–Crippen LogP) is 4.67. The molecular formula is C24H20ClNO5. The molecule has 31 heavy (non-hydrogen) atoms. The summed E-state index contributed by atoms with van der Waals surface area (Å²) in [7, 11) is 0. The van der Waals surface area contributed by atoms with Crippen LogP contribution in [0, 0.1) is 6.92 Å². The first-order valence-electron chi connectivity index (χ1n) is 9.73. The number of carbonyl (C=O) groups is 2. The van der Waals surface area contributed by atoms with E-state index in [9.17, 15) is 9.59 Å². The number of anilines is 1. The van der Waals surface area contributed by atoms with Gasteiger partial charge in [0.15, 0.2) is 23.9 Å². The summed E-state index contributed by atoms with van der Waals surface area (Å²) < 4.78 is 16.7. The SMILES string of the molecule is Cc1ccc(C(=O)c2cc3c(cc2NC(=O)COc2ccc(Cl)cc2)OCCO3)cc1. The van der Waals surface area contributed by atoms with E-state index < -0.39 is 5.91 Å². The molecule has 1 N–H and O–H groups in total. The van der Waals surface area contributed by atoms with Gasteiger partial charge in [0, 0.05) is 16.7 Å². The topological polar surface area (TPSA) is 73.9 Å². The summed E-state index contributed by atoms with van der Waals surface area (Å²) >= 11 is 5.86. The molecular weight excluding hydrogens is 418 g/mol. The number of hydrogen-bond acceptors (Lipinski definition) is 5. The van der Waals surface area contributed by atoms with Gasteiger partial charge in [-0.15, -0.1) is 0 Å². The zero-order valence-electron chi connectivity index (χ0n) is 16.8. The number of amides is 1. The van der Waals surface area contributed by atoms with E-state index in [0.717, 1.165) is 5.56 Å². The van der Waals surface area contributed by atoms with Crippen LogP contribution in [-0.4, -0.2) is 31.5 Å². The van der Waals surface area contributed by atoms with E-state index in [4.69, 9.17) is 25.8 Å². The molecule has 0 saturated heterocycles. The van der Waals surface area contributed by atoms with Crippen LogP contribution in [0.2, 0.25) is 5.02 Å². The maximum atomic E-state index is 13.2. The smallest absolute Gasteiger partial charge is 0.262 e. The summed E-state index contributed by atoms with van der Waals surface area (Å²) in [5.74, 6) is 0.811. The molecule has 0 bridgehead atoms. The lowest BCUT2D eigenvalue weighted by atomic mass is 9.99. The first-order valence-corrected chi connectivity index (χ1v) is 10.1. The standard InChI is InChI=1S/C24H20ClNO5/c1-15-2-4-16(5-3-15)24(28)19-12-21-22(30-11-10-29-21)13-20(19)26-23(27)14-31-18-8-6-17(25)7-9-18/h2-9,12-13H,10-11,14H2,1H3,(H,26,27). The molecule has 0 saturated carbocycles. The second-order valence-electron chi connectivity index (χ2n) is 7.03. The van der Waals surface area contributed by atoms with Gasteiger partial charge in [0.05, 0.1) is 11.3 Å². The second-order valence-corrected chi connectivity index (χ2v) is 7.46. The summed E-state index contributed by atoms with van der Waals surface area (Å²) in [6, 6.07) is 17.1. The molecule has 0 spiro atoms. The van der Waals surface area contributed by atoms with Crippen LogP contribution in [0.15, 0.2) is 60.7 Å². The first kappa shape index (κ1) is 20.8. The summed E-state index contributed by atoms with van der Waals surface area (Å²) in [5, 5.41) is 3.33. The quantitative estimate of drug-likeness (QED) is 0.567. The molecule has 1 heterocycles. The zero-order valence-corrected chi connectivity index (χ0v) is 17.6. The molecule has 3 aromatic rings. The summed E-state index contributed by atoms with van der Waals surface area (Å²) in [6.07, 6.45) is 0. The van der Waals surface area contributed by atoms with Gasteiger partial charge in [-0.25, -0.2) is 0 Å². The van der Waals surface area contributed by atoms with Gasteiger partial charge in [0.2, 0.25) is 0 Å². The van der Waals surface area contributed by atoms with Crippen molar-refractivity contribution in [3.63, 3.8) is 0 Å². The molecule has 1 aliphatic rings. The molecule has 3 aromatic carbocycles. The maximum Gasteiger partial charge on any atom is 0.262 e. The van der Waals surface area contributed by atoms with Crippen molar-refractivity contribution in [2.75, 3.05) is 25.1 Å². The van der Waals surface area contributed by atoms with Crippen molar-refractivity contribution in [1.29, 1.82) is 0 Å². The molecule has 7 heteroatoms. The number of ether oxygens (including phenoxy) is 3. The number of fused-ring (bicyclic) bond motifs is 1. The Morgan fingerprint density at radius 1 is 0.968 bits per heavy atom. The van der Waals surface area contributed by atoms with E-state index in [-0.39, 0.29) is 12.4 Å². The molecule has 0 aromatic heterocycles. The lowest BCUT2D eigenvalue weighted by Crippen LogP contribution is -2.23. The van der Waals surface area contributed by atoms with Crippen molar-refractivity contribution in [3.05, 3.63) is 82.4 Å². The molecule has 4 rings (SSSR count). The Morgan fingerprint density at radius 3 is 2.29 bits per heavy atom. The number of carbonyl (C=O) groups excluding carboxylic acids is 2. The predicted molar refractivity (Wildman–Crippen MR) is 118 cm³/mol. The fourth-order valence-electron chi connectivity index (χ4n) is 3.11. The van der Waals surface area contributed by atoms with Crippen LogP contribution in [0.25, 0.3) is 0 Å². The van der Waals surface area contributed by atoms with Crippen molar-refractivity contribution < 1.29 is 23.8 Å². The highest BCUT2D eigenvalue weighted by Gasteiger charge is 2.22.